The summed E-state index contributed by atoms with van der Waals surface area (Å²) >= 11 is 0. The van der Waals surface area contributed by atoms with Gasteiger partial charge in [0, 0.05) is 5.92 Å². The van der Waals surface area contributed by atoms with Crippen molar-refractivity contribution in [1.29, 1.82) is 0 Å². The van der Waals surface area contributed by atoms with Crippen LogP contribution in [0.15, 0.2) is 91.0 Å². The molecule has 0 aliphatic heterocycles. The van der Waals surface area contributed by atoms with Crippen molar-refractivity contribution in [2.75, 3.05) is 0 Å². The highest BCUT2D eigenvalue weighted by Gasteiger charge is 2.11. The minimum atomic E-state index is 0.549. The van der Waals surface area contributed by atoms with E-state index in [0.717, 1.165) is 5.92 Å². The molecule has 0 bridgehead atoms. The van der Waals surface area contributed by atoms with E-state index in [-0.39, 0.29) is 0 Å². The predicted molar refractivity (Wildman–Crippen MR) is 158 cm³/mol. The Bertz CT molecular complexity index is 761. The minimum absolute atomic E-state index is 0.549. The minimum Gasteiger partial charge on any atom is -0.0656 e. The lowest BCUT2D eigenvalue weighted by Crippen LogP contribution is -2.00. The van der Waals surface area contributed by atoms with Crippen LogP contribution in [-0.4, -0.2) is 0 Å². The first-order chi connectivity index (χ1) is 17.2. The van der Waals surface area contributed by atoms with Gasteiger partial charge in [-0.05, 0) is 41.9 Å². The molecule has 0 aliphatic rings. The molecular weight excluding hydrogens is 420 g/mol. The summed E-state index contributed by atoms with van der Waals surface area (Å²) < 4.78 is 0. The van der Waals surface area contributed by atoms with Gasteiger partial charge in [0.05, 0.1) is 0 Å². The normalized spacial score (nSPS) is 10.4. The molecule has 3 aromatic carbocycles. The molecule has 0 aliphatic carbocycles. The molecule has 0 heterocycles. The van der Waals surface area contributed by atoms with Crippen LogP contribution in [-0.2, 0) is 6.42 Å². The van der Waals surface area contributed by atoms with E-state index in [0.29, 0.717) is 5.92 Å². The summed E-state index contributed by atoms with van der Waals surface area (Å²) in [6.45, 7) is 11.1. The summed E-state index contributed by atoms with van der Waals surface area (Å²) in [6.07, 6.45) is 13.2. The molecule has 192 valence electrons. The van der Waals surface area contributed by atoms with E-state index in [1.165, 1.54) is 80.9 Å². The second kappa shape index (κ2) is 21.0. The zero-order valence-corrected chi connectivity index (χ0v) is 23.4. The number of hydrogen-bond acceptors (Lipinski definition) is 0. The molecular formula is C35H52. The molecule has 0 heteroatoms. The smallest absolute Gasteiger partial charge is 0.00892 e. The van der Waals surface area contributed by atoms with E-state index in [1.807, 2.05) is 0 Å². The van der Waals surface area contributed by atoms with Crippen LogP contribution in [0.1, 0.15) is 115 Å². The Hall–Kier alpha value is -2.34. The molecule has 0 atom stereocenters. The van der Waals surface area contributed by atoms with Crippen molar-refractivity contribution < 1.29 is 0 Å². The van der Waals surface area contributed by atoms with E-state index in [2.05, 4.69) is 126 Å². The van der Waals surface area contributed by atoms with Crippen LogP contribution in [0.3, 0.4) is 0 Å². The Morgan fingerprint density at radius 1 is 0.486 bits per heavy atom. The van der Waals surface area contributed by atoms with Gasteiger partial charge in [0.25, 0.3) is 0 Å². The highest BCUT2D eigenvalue weighted by molar-refractivity contribution is 5.32. The molecule has 0 amide bonds. The highest BCUT2D eigenvalue weighted by atomic mass is 14.2. The Labute approximate surface area is 218 Å². The molecule has 0 saturated heterocycles. The van der Waals surface area contributed by atoms with Gasteiger partial charge in [-0.3, -0.25) is 0 Å². The average Bonchev–Trinajstić information content (AvgIpc) is 2.90. The van der Waals surface area contributed by atoms with Crippen molar-refractivity contribution in [2.45, 2.75) is 105 Å². The molecule has 3 aromatic rings. The predicted octanol–water partition coefficient (Wildman–Crippen LogP) is 11.3. The summed E-state index contributed by atoms with van der Waals surface area (Å²) in [5.41, 5.74) is 4.35. The molecule has 0 radical (unpaired) electrons. The summed E-state index contributed by atoms with van der Waals surface area (Å²) in [5, 5.41) is 0. The van der Waals surface area contributed by atoms with Crippen LogP contribution in [0.2, 0.25) is 0 Å². The SMILES string of the molecule is CCC.CCCC(CCC)CCCc1ccccc1.CCCC(c1ccccc1)c1ccccc1. The fourth-order valence-corrected chi connectivity index (χ4v) is 4.67. The topological polar surface area (TPSA) is 0 Å². The fraction of sp³-hybridized carbons (Fsp3) is 0.486. The van der Waals surface area contributed by atoms with Crippen molar-refractivity contribution in [3.05, 3.63) is 108 Å². The zero-order chi connectivity index (χ0) is 25.6. The molecule has 0 nitrogen and oxygen atoms in total. The van der Waals surface area contributed by atoms with Gasteiger partial charge in [0.15, 0.2) is 0 Å². The van der Waals surface area contributed by atoms with E-state index in [9.17, 15) is 0 Å². The molecule has 0 fully saturated rings. The van der Waals surface area contributed by atoms with Gasteiger partial charge < -0.3 is 0 Å². The number of rotatable bonds is 12. The molecule has 0 spiro atoms. The Morgan fingerprint density at radius 3 is 1.29 bits per heavy atom. The van der Waals surface area contributed by atoms with E-state index in [1.54, 1.807) is 0 Å². The maximum Gasteiger partial charge on any atom is 0.00892 e. The quantitative estimate of drug-likeness (QED) is 0.246. The molecule has 0 N–H and O–H groups in total. The van der Waals surface area contributed by atoms with Crippen LogP contribution < -0.4 is 0 Å². The summed E-state index contributed by atoms with van der Waals surface area (Å²) in [7, 11) is 0. The Balaban J connectivity index is 0.000000315. The van der Waals surface area contributed by atoms with Gasteiger partial charge in [0.1, 0.15) is 0 Å². The van der Waals surface area contributed by atoms with Crippen molar-refractivity contribution >= 4 is 0 Å². The molecule has 0 unspecified atom stereocenters. The summed E-state index contributed by atoms with van der Waals surface area (Å²) in [5.74, 6) is 1.52. The fourth-order valence-electron chi connectivity index (χ4n) is 4.67. The Morgan fingerprint density at radius 2 is 0.886 bits per heavy atom. The average molecular weight is 473 g/mol. The third-order valence-electron chi connectivity index (χ3n) is 6.30. The second-order valence-corrected chi connectivity index (χ2v) is 9.69. The third-order valence-corrected chi connectivity index (χ3v) is 6.30. The van der Waals surface area contributed by atoms with E-state index >= 15 is 0 Å². The van der Waals surface area contributed by atoms with Crippen LogP contribution in [0.25, 0.3) is 0 Å². The maximum atomic E-state index is 2.31. The summed E-state index contributed by atoms with van der Waals surface area (Å²) in [6, 6.07) is 32.5. The number of benzene rings is 3. The molecule has 0 aromatic heterocycles. The van der Waals surface area contributed by atoms with Crippen molar-refractivity contribution in [2.24, 2.45) is 5.92 Å². The number of hydrogen-bond donors (Lipinski definition) is 0. The maximum absolute atomic E-state index is 2.31. The third kappa shape index (κ3) is 14.0. The first-order valence-corrected chi connectivity index (χ1v) is 14.3. The van der Waals surface area contributed by atoms with E-state index < -0.39 is 0 Å². The molecule has 0 saturated carbocycles. The largest absolute Gasteiger partial charge is 0.0656 e. The van der Waals surface area contributed by atoms with Gasteiger partial charge >= 0.3 is 0 Å². The van der Waals surface area contributed by atoms with Crippen molar-refractivity contribution in [3.8, 4) is 0 Å². The highest BCUT2D eigenvalue weighted by Crippen LogP contribution is 2.28. The van der Waals surface area contributed by atoms with Gasteiger partial charge in [-0.15, -0.1) is 0 Å². The molecule has 35 heavy (non-hydrogen) atoms. The monoisotopic (exact) mass is 472 g/mol. The standard InChI is InChI=1S/C16H18.C16H26.C3H8/c1-2-9-16(14-10-5-3-6-11-14)15-12-7-4-8-13-15;1-3-9-15(10-4-2)13-8-14-16-11-6-5-7-12-16;1-3-2/h3-8,10-13,16H,2,9H2,1H3;5-7,11-12,15H,3-4,8-10,13-14H2,1-2H3;3H2,1-2H3. The van der Waals surface area contributed by atoms with Gasteiger partial charge in [0.2, 0.25) is 0 Å². The van der Waals surface area contributed by atoms with Crippen LogP contribution >= 0.6 is 0 Å². The first kappa shape index (κ1) is 30.7. The van der Waals surface area contributed by atoms with Gasteiger partial charge in [-0.1, -0.05) is 171 Å². The zero-order valence-electron chi connectivity index (χ0n) is 23.4. The lowest BCUT2D eigenvalue weighted by Gasteiger charge is -2.17. The Kier molecular flexibility index (Phi) is 18.4. The van der Waals surface area contributed by atoms with Gasteiger partial charge in [-0.2, -0.15) is 0 Å². The molecule has 3 rings (SSSR count). The van der Waals surface area contributed by atoms with Gasteiger partial charge in [-0.25, -0.2) is 0 Å². The van der Waals surface area contributed by atoms with Crippen LogP contribution in [0.5, 0.6) is 0 Å². The number of aryl methyl sites for hydroxylation is 1. The van der Waals surface area contributed by atoms with Crippen molar-refractivity contribution in [1.82, 2.24) is 0 Å². The van der Waals surface area contributed by atoms with Crippen LogP contribution in [0.4, 0.5) is 0 Å². The lowest BCUT2D eigenvalue weighted by molar-refractivity contribution is 0.400. The second-order valence-electron chi connectivity index (χ2n) is 9.69. The van der Waals surface area contributed by atoms with Crippen LogP contribution in [0, 0.1) is 5.92 Å². The van der Waals surface area contributed by atoms with Crippen molar-refractivity contribution in [3.63, 3.8) is 0 Å². The lowest BCUT2D eigenvalue weighted by atomic mass is 9.88. The van der Waals surface area contributed by atoms with E-state index in [4.69, 9.17) is 0 Å². The first-order valence-electron chi connectivity index (χ1n) is 14.3. The summed E-state index contributed by atoms with van der Waals surface area (Å²) in [4.78, 5) is 0.